The molecule has 0 saturated carbocycles. The summed E-state index contributed by atoms with van der Waals surface area (Å²) in [5, 5.41) is 17.8. The van der Waals surface area contributed by atoms with Gasteiger partial charge in [0.1, 0.15) is 0 Å². The van der Waals surface area contributed by atoms with Crippen LogP contribution in [-0.2, 0) is 18.5 Å². The molecule has 1 atom stereocenters. The lowest BCUT2D eigenvalue weighted by Crippen LogP contribution is -2.22. The summed E-state index contributed by atoms with van der Waals surface area (Å²) >= 11 is 0. The molecule has 2 rings (SSSR count). The molecule has 0 aliphatic carbocycles. The summed E-state index contributed by atoms with van der Waals surface area (Å²) in [4.78, 5) is 0. The topological polar surface area (TPSA) is 50.1 Å². The molecule has 120 valence electrons. The van der Waals surface area contributed by atoms with Gasteiger partial charge in [-0.15, -0.1) is 0 Å². The maximum atomic E-state index is 10.3. The van der Waals surface area contributed by atoms with Crippen molar-refractivity contribution < 1.29 is 5.11 Å². The average molecular weight is 301 g/mol. The summed E-state index contributed by atoms with van der Waals surface area (Å²) in [6.07, 6.45) is 1.31. The normalized spacial score (nSPS) is 13.3. The molecule has 0 fully saturated rings. The third-order valence-electron chi connectivity index (χ3n) is 3.91. The minimum atomic E-state index is -0.494. The van der Waals surface area contributed by atoms with Crippen molar-refractivity contribution in [1.82, 2.24) is 15.1 Å². The highest BCUT2D eigenvalue weighted by Crippen LogP contribution is 2.23. The molecule has 0 bridgehead atoms. The first-order chi connectivity index (χ1) is 10.4. The molecule has 0 spiro atoms. The molecule has 2 N–H and O–H groups in total. The van der Waals surface area contributed by atoms with Gasteiger partial charge in [-0.05, 0) is 29.5 Å². The molecule has 0 aliphatic heterocycles. The lowest BCUT2D eigenvalue weighted by molar-refractivity contribution is 0.174. The van der Waals surface area contributed by atoms with Crippen LogP contribution in [0.1, 0.15) is 50.6 Å². The van der Waals surface area contributed by atoms with Crippen molar-refractivity contribution >= 4 is 0 Å². The first-order valence-electron chi connectivity index (χ1n) is 7.91. The summed E-state index contributed by atoms with van der Waals surface area (Å²) in [6.45, 7) is 10.8. The highest BCUT2D eigenvalue weighted by atomic mass is 16.3. The van der Waals surface area contributed by atoms with E-state index in [0.29, 0.717) is 13.1 Å². The van der Waals surface area contributed by atoms with Crippen molar-refractivity contribution in [2.24, 2.45) is 0 Å². The van der Waals surface area contributed by atoms with Gasteiger partial charge in [-0.3, -0.25) is 4.68 Å². The smallest absolute Gasteiger partial charge is 0.0914 e. The summed E-state index contributed by atoms with van der Waals surface area (Å²) in [5.74, 6) is 0. The number of aryl methyl sites for hydroxylation is 1. The molecule has 4 nitrogen and oxygen atoms in total. The van der Waals surface area contributed by atoms with E-state index in [1.807, 2.05) is 29.1 Å². The van der Waals surface area contributed by atoms with Crippen molar-refractivity contribution in [3.05, 3.63) is 53.3 Å². The van der Waals surface area contributed by atoms with Crippen LogP contribution in [0.15, 0.2) is 36.5 Å². The van der Waals surface area contributed by atoms with Gasteiger partial charge >= 0.3 is 0 Å². The zero-order chi connectivity index (χ0) is 16.2. The predicted molar refractivity (Wildman–Crippen MR) is 89.7 cm³/mol. The maximum absolute atomic E-state index is 10.3. The third kappa shape index (κ3) is 4.18. The average Bonchev–Trinajstić information content (AvgIpc) is 2.94. The molecule has 0 radical (unpaired) electrons. The van der Waals surface area contributed by atoms with Crippen molar-refractivity contribution in [2.75, 3.05) is 6.54 Å². The van der Waals surface area contributed by atoms with E-state index in [2.05, 4.69) is 50.2 Å². The molecule has 0 amide bonds. The van der Waals surface area contributed by atoms with E-state index >= 15 is 0 Å². The monoisotopic (exact) mass is 301 g/mol. The Kier molecular flexibility index (Phi) is 5.37. The van der Waals surface area contributed by atoms with Gasteiger partial charge in [0.2, 0.25) is 0 Å². The first kappa shape index (κ1) is 16.7. The van der Waals surface area contributed by atoms with Crippen LogP contribution in [-0.4, -0.2) is 21.4 Å². The van der Waals surface area contributed by atoms with Crippen molar-refractivity contribution in [2.45, 2.75) is 52.3 Å². The van der Waals surface area contributed by atoms with Crippen molar-refractivity contribution in [1.29, 1.82) is 0 Å². The zero-order valence-electron chi connectivity index (χ0n) is 14.0. The largest absolute Gasteiger partial charge is 0.387 e. The lowest BCUT2D eigenvalue weighted by atomic mass is 9.86. The minimum absolute atomic E-state index is 0.139. The van der Waals surface area contributed by atoms with Crippen LogP contribution in [0.5, 0.6) is 0 Å². The Morgan fingerprint density at radius 3 is 2.45 bits per heavy atom. The molecule has 22 heavy (non-hydrogen) atoms. The molecule has 1 aromatic carbocycles. The second-order valence-electron chi connectivity index (χ2n) is 6.66. The minimum Gasteiger partial charge on any atom is -0.387 e. The highest BCUT2D eigenvalue weighted by Gasteiger charge is 2.14. The fourth-order valence-corrected chi connectivity index (χ4v) is 2.46. The number of nitrogens with one attached hydrogen (secondary N) is 1. The van der Waals surface area contributed by atoms with Crippen LogP contribution in [0.25, 0.3) is 0 Å². The van der Waals surface area contributed by atoms with Crippen LogP contribution in [0, 0.1) is 0 Å². The van der Waals surface area contributed by atoms with Crippen molar-refractivity contribution in [3.8, 4) is 0 Å². The Bertz CT molecular complexity index is 581. The Morgan fingerprint density at radius 2 is 1.86 bits per heavy atom. The van der Waals surface area contributed by atoms with Gasteiger partial charge in [0.25, 0.3) is 0 Å². The highest BCUT2D eigenvalue weighted by molar-refractivity contribution is 5.28. The van der Waals surface area contributed by atoms with E-state index in [9.17, 15) is 5.11 Å². The Labute approximate surface area is 133 Å². The molecule has 1 unspecified atom stereocenters. The number of hydrogen-bond donors (Lipinski definition) is 2. The van der Waals surface area contributed by atoms with Gasteiger partial charge in [-0.1, -0.05) is 45.0 Å². The number of benzene rings is 1. The third-order valence-corrected chi connectivity index (χ3v) is 3.91. The number of rotatable bonds is 6. The first-order valence-corrected chi connectivity index (χ1v) is 7.91. The molecule has 0 aliphatic rings. The molecular weight excluding hydrogens is 274 g/mol. The van der Waals surface area contributed by atoms with Crippen LogP contribution < -0.4 is 5.32 Å². The number of aromatic nitrogens is 2. The Balaban J connectivity index is 1.88. The standard InChI is InChI=1S/C18H27N3O/c1-5-21-16(10-11-20-21)12-19-13-17(22)14-6-8-15(9-7-14)18(2,3)4/h6-11,17,19,22H,5,12-13H2,1-4H3. The van der Waals surface area contributed by atoms with Gasteiger partial charge in [0.05, 0.1) is 11.8 Å². The predicted octanol–water partition coefficient (Wildman–Crippen LogP) is 3.02. The quantitative estimate of drug-likeness (QED) is 0.862. The fourth-order valence-electron chi connectivity index (χ4n) is 2.46. The maximum Gasteiger partial charge on any atom is 0.0914 e. The van der Waals surface area contributed by atoms with E-state index in [1.54, 1.807) is 0 Å². The molecule has 0 saturated heterocycles. The number of hydrogen-bond acceptors (Lipinski definition) is 3. The zero-order valence-corrected chi connectivity index (χ0v) is 14.0. The summed E-state index contributed by atoms with van der Waals surface area (Å²) in [6, 6.07) is 10.2. The van der Waals surface area contributed by atoms with Crippen LogP contribution in [0.4, 0.5) is 0 Å². The second kappa shape index (κ2) is 7.07. The number of aliphatic hydroxyl groups excluding tert-OH is 1. The van der Waals surface area contributed by atoms with E-state index in [1.165, 1.54) is 5.56 Å². The van der Waals surface area contributed by atoms with Gasteiger partial charge in [0, 0.05) is 25.8 Å². The molecule has 2 aromatic rings. The van der Waals surface area contributed by atoms with Crippen LogP contribution in [0.2, 0.25) is 0 Å². The molecule has 1 heterocycles. The van der Waals surface area contributed by atoms with Gasteiger partial charge in [-0.2, -0.15) is 5.10 Å². The van der Waals surface area contributed by atoms with Gasteiger partial charge in [-0.25, -0.2) is 0 Å². The van der Waals surface area contributed by atoms with E-state index in [-0.39, 0.29) is 5.41 Å². The summed E-state index contributed by atoms with van der Waals surface area (Å²) in [7, 11) is 0. The van der Waals surface area contributed by atoms with Gasteiger partial charge < -0.3 is 10.4 Å². The van der Waals surface area contributed by atoms with E-state index in [4.69, 9.17) is 0 Å². The Hall–Kier alpha value is -1.65. The van der Waals surface area contributed by atoms with Crippen molar-refractivity contribution in [3.63, 3.8) is 0 Å². The van der Waals surface area contributed by atoms with Gasteiger partial charge in [0.15, 0.2) is 0 Å². The second-order valence-corrected chi connectivity index (χ2v) is 6.66. The Morgan fingerprint density at radius 1 is 1.18 bits per heavy atom. The van der Waals surface area contributed by atoms with Crippen LogP contribution in [0.3, 0.4) is 0 Å². The van der Waals surface area contributed by atoms with E-state index in [0.717, 1.165) is 17.8 Å². The summed E-state index contributed by atoms with van der Waals surface area (Å²) in [5.41, 5.74) is 3.51. The lowest BCUT2D eigenvalue weighted by Gasteiger charge is -2.20. The fraction of sp³-hybridized carbons (Fsp3) is 0.500. The molecular formula is C18H27N3O. The molecule has 1 aromatic heterocycles. The SMILES string of the molecule is CCn1nccc1CNCC(O)c1ccc(C(C)(C)C)cc1. The number of aliphatic hydroxyl groups is 1. The number of nitrogens with zero attached hydrogens (tertiary/aromatic N) is 2. The van der Waals surface area contributed by atoms with E-state index < -0.39 is 6.10 Å². The van der Waals surface area contributed by atoms with Crippen LogP contribution >= 0.6 is 0 Å². The molecule has 4 heteroatoms. The summed E-state index contributed by atoms with van der Waals surface area (Å²) < 4.78 is 1.96.